The first-order valence-electron chi connectivity index (χ1n) is 8.54. The predicted octanol–water partition coefficient (Wildman–Crippen LogP) is 3.07. The minimum absolute atomic E-state index is 0.128. The van der Waals surface area contributed by atoms with Crippen LogP contribution in [0.5, 0.6) is 0 Å². The van der Waals surface area contributed by atoms with Crippen molar-refractivity contribution in [2.45, 2.75) is 16.8 Å². The maximum atomic E-state index is 12.3. The molecule has 1 amide bonds. The Morgan fingerprint density at radius 2 is 1.85 bits per heavy atom. The number of nitrogens with one attached hydrogen (secondary N) is 1. The molecule has 0 radical (unpaired) electrons. The molecule has 0 unspecified atom stereocenters. The van der Waals surface area contributed by atoms with Crippen molar-refractivity contribution in [1.29, 1.82) is 0 Å². The van der Waals surface area contributed by atoms with Gasteiger partial charge in [-0.1, -0.05) is 12.1 Å². The average molecular weight is 387 g/mol. The molecule has 0 aromatic heterocycles. The van der Waals surface area contributed by atoms with Gasteiger partial charge in [0.15, 0.2) is 0 Å². The normalized spacial score (nSPS) is 16.9. The van der Waals surface area contributed by atoms with Gasteiger partial charge >= 0.3 is 5.51 Å². The van der Waals surface area contributed by atoms with Crippen molar-refractivity contribution < 1.29 is 18.0 Å². The Labute approximate surface area is 156 Å². The van der Waals surface area contributed by atoms with Gasteiger partial charge in [-0.2, -0.15) is 13.2 Å². The molecule has 0 bridgehead atoms. The van der Waals surface area contributed by atoms with Crippen LogP contribution >= 0.6 is 11.8 Å². The van der Waals surface area contributed by atoms with E-state index in [0.29, 0.717) is 12.1 Å². The molecule has 1 aromatic rings. The van der Waals surface area contributed by atoms with E-state index in [1.807, 2.05) is 0 Å². The number of thioether (sulfide) groups is 1. The molecule has 4 nitrogen and oxygen atoms in total. The third kappa shape index (κ3) is 8.25. The summed E-state index contributed by atoms with van der Waals surface area (Å²) in [7, 11) is 2.12. The van der Waals surface area contributed by atoms with Crippen LogP contribution in [0.2, 0.25) is 0 Å². The van der Waals surface area contributed by atoms with Gasteiger partial charge in [0.1, 0.15) is 0 Å². The van der Waals surface area contributed by atoms with Crippen molar-refractivity contribution in [2.75, 3.05) is 46.3 Å². The maximum Gasteiger partial charge on any atom is 0.446 e. The van der Waals surface area contributed by atoms with Gasteiger partial charge in [0.25, 0.3) is 0 Å². The molecule has 1 heterocycles. The van der Waals surface area contributed by atoms with E-state index < -0.39 is 5.51 Å². The average Bonchev–Trinajstić information content (AvgIpc) is 2.58. The van der Waals surface area contributed by atoms with Crippen LogP contribution < -0.4 is 5.32 Å². The predicted molar refractivity (Wildman–Crippen MR) is 99.0 cm³/mol. The Bertz CT molecular complexity index is 597. The van der Waals surface area contributed by atoms with E-state index in [-0.39, 0.29) is 22.6 Å². The fraction of sp³-hybridized carbons (Fsp3) is 0.500. The number of rotatable bonds is 7. The molecule has 1 aliphatic heterocycles. The zero-order chi connectivity index (χ0) is 19.0. The van der Waals surface area contributed by atoms with Crippen molar-refractivity contribution in [3.63, 3.8) is 0 Å². The number of halogens is 3. The summed E-state index contributed by atoms with van der Waals surface area (Å²) in [5.41, 5.74) is -3.61. The number of hydrogen-bond acceptors (Lipinski definition) is 4. The van der Waals surface area contributed by atoms with Crippen molar-refractivity contribution in [3.8, 4) is 0 Å². The lowest BCUT2D eigenvalue weighted by Crippen LogP contribution is -2.45. The Morgan fingerprint density at radius 3 is 2.46 bits per heavy atom. The van der Waals surface area contributed by atoms with Gasteiger partial charge < -0.3 is 15.1 Å². The molecule has 1 aliphatic rings. The highest BCUT2D eigenvalue weighted by Crippen LogP contribution is 2.36. The number of nitrogens with zero attached hydrogens (tertiary/aromatic N) is 2. The highest BCUT2D eigenvalue weighted by Gasteiger charge is 2.28. The zero-order valence-corrected chi connectivity index (χ0v) is 15.6. The van der Waals surface area contributed by atoms with Crippen LogP contribution in [0.15, 0.2) is 35.2 Å². The number of piperazine rings is 1. The first kappa shape index (κ1) is 20.8. The van der Waals surface area contributed by atoms with Crippen molar-refractivity contribution in [2.24, 2.45) is 0 Å². The highest BCUT2D eigenvalue weighted by atomic mass is 32.2. The lowest BCUT2D eigenvalue weighted by atomic mass is 10.2. The Kier molecular flexibility index (Phi) is 7.99. The van der Waals surface area contributed by atoms with E-state index in [2.05, 4.69) is 22.2 Å². The number of likely N-dealkylation sites (N-methyl/N-ethyl adjacent to an activating group) is 1. The fourth-order valence-electron chi connectivity index (χ4n) is 2.60. The van der Waals surface area contributed by atoms with Crippen LogP contribution in [0.4, 0.5) is 13.2 Å². The van der Waals surface area contributed by atoms with Gasteiger partial charge in [-0.15, -0.1) is 0 Å². The van der Waals surface area contributed by atoms with Crippen LogP contribution in [0, 0.1) is 0 Å². The van der Waals surface area contributed by atoms with Crippen LogP contribution in [0.3, 0.4) is 0 Å². The molecule has 0 atom stereocenters. The van der Waals surface area contributed by atoms with Gasteiger partial charge in [-0.05, 0) is 55.5 Å². The second kappa shape index (κ2) is 9.99. The highest BCUT2D eigenvalue weighted by molar-refractivity contribution is 8.00. The Hall–Kier alpha value is -1.51. The minimum Gasteiger partial charge on any atom is -0.353 e. The summed E-state index contributed by atoms with van der Waals surface area (Å²) in [6, 6.07) is 5.91. The SMILES string of the molecule is CN1CCN(CCCNC(=O)/C=C/c2ccc(SC(F)(F)F)cc2)CC1. The summed E-state index contributed by atoms with van der Waals surface area (Å²) in [4.78, 5) is 16.6. The molecule has 1 saturated heterocycles. The summed E-state index contributed by atoms with van der Waals surface area (Å²) < 4.78 is 36.8. The molecule has 1 fully saturated rings. The smallest absolute Gasteiger partial charge is 0.353 e. The van der Waals surface area contributed by atoms with E-state index in [1.165, 1.54) is 18.2 Å². The first-order chi connectivity index (χ1) is 12.3. The standard InChI is InChI=1S/C18H24F3N3OS/c1-23-11-13-24(14-12-23)10-2-9-22-17(25)8-5-15-3-6-16(7-4-15)26-18(19,20)21/h3-8H,2,9-14H2,1H3,(H,22,25)/b8-5+. The van der Waals surface area contributed by atoms with Crippen molar-refractivity contribution >= 4 is 23.7 Å². The van der Waals surface area contributed by atoms with Crippen LogP contribution in [0.1, 0.15) is 12.0 Å². The molecule has 2 rings (SSSR count). The van der Waals surface area contributed by atoms with E-state index in [4.69, 9.17) is 0 Å². The van der Waals surface area contributed by atoms with E-state index in [0.717, 1.165) is 39.1 Å². The number of carbonyl (C=O) groups excluding carboxylic acids is 1. The molecule has 144 valence electrons. The Morgan fingerprint density at radius 1 is 1.19 bits per heavy atom. The summed E-state index contributed by atoms with van der Waals surface area (Å²) in [6.07, 6.45) is 3.90. The van der Waals surface area contributed by atoms with Gasteiger partial charge in [0.2, 0.25) is 5.91 Å². The van der Waals surface area contributed by atoms with Crippen LogP contribution in [0.25, 0.3) is 6.08 Å². The van der Waals surface area contributed by atoms with Gasteiger partial charge in [0.05, 0.1) is 0 Å². The van der Waals surface area contributed by atoms with Gasteiger partial charge in [0, 0.05) is 43.7 Å². The number of benzene rings is 1. The monoisotopic (exact) mass is 387 g/mol. The summed E-state index contributed by atoms with van der Waals surface area (Å²) in [5.74, 6) is -0.197. The second-order valence-electron chi connectivity index (χ2n) is 6.24. The third-order valence-corrected chi connectivity index (χ3v) is 4.83. The van der Waals surface area contributed by atoms with Crippen LogP contribution in [-0.4, -0.2) is 67.5 Å². The van der Waals surface area contributed by atoms with E-state index in [1.54, 1.807) is 18.2 Å². The molecular formula is C18H24F3N3OS. The quantitative estimate of drug-likeness (QED) is 0.443. The van der Waals surface area contributed by atoms with Gasteiger partial charge in [-0.25, -0.2) is 0 Å². The largest absolute Gasteiger partial charge is 0.446 e. The Balaban J connectivity index is 1.65. The molecule has 0 spiro atoms. The molecule has 0 saturated carbocycles. The first-order valence-corrected chi connectivity index (χ1v) is 9.36. The number of amides is 1. The molecule has 1 aromatic carbocycles. The van der Waals surface area contributed by atoms with Crippen molar-refractivity contribution in [1.82, 2.24) is 15.1 Å². The summed E-state index contributed by atoms with van der Waals surface area (Å²) in [6.45, 7) is 5.86. The maximum absolute atomic E-state index is 12.3. The van der Waals surface area contributed by atoms with E-state index in [9.17, 15) is 18.0 Å². The minimum atomic E-state index is -4.29. The van der Waals surface area contributed by atoms with Crippen molar-refractivity contribution in [3.05, 3.63) is 35.9 Å². The molecule has 0 aliphatic carbocycles. The zero-order valence-electron chi connectivity index (χ0n) is 14.8. The van der Waals surface area contributed by atoms with Crippen LogP contribution in [-0.2, 0) is 4.79 Å². The summed E-state index contributed by atoms with van der Waals surface area (Å²) in [5, 5.41) is 2.83. The molecular weight excluding hydrogens is 363 g/mol. The third-order valence-electron chi connectivity index (χ3n) is 4.09. The number of alkyl halides is 3. The fourth-order valence-corrected chi connectivity index (χ4v) is 3.14. The molecule has 1 N–H and O–H groups in total. The van der Waals surface area contributed by atoms with E-state index >= 15 is 0 Å². The van der Waals surface area contributed by atoms with Gasteiger partial charge in [-0.3, -0.25) is 4.79 Å². The number of hydrogen-bond donors (Lipinski definition) is 1. The molecule has 8 heteroatoms. The topological polar surface area (TPSA) is 35.6 Å². The molecule has 26 heavy (non-hydrogen) atoms. The second-order valence-corrected chi connectivity index (χ2v) is 7.38. The summed E-state index contributed by atoms with van der Waals surface area (Å²) >= 11 is -0.151. The lowest BCUT2D eigenvalue weighted by molar-refractivity contribution is -0.116. The number of carbonyl (C=O) groups is 1. The lowest BCUT2D eigenvalue weighted by Gasteiger charge is -2.32.